The van der Waals surface area contributed by atoms with E-state index in [9.17, 15) is 14.7 Å². The van der Waals surface area contributed by atoms with E-state index < -0.39 is 12.0 Å². The number of carboxylic acid groups (broad SMARTS) is 1. The zero-order valence-electron chi connectivity index (χ0n) is 15.0. The highest BCUT2D eigenvalue weighted by atomic mass is 32.2. The van der Waals surface area contributed by atoms with Crippen LogP contribution in [0.25, 0.3) is 0 Å². The number of likely N-dealkylation sites (tertiary alicyclic amines) is 1. The van der Waals surface area contributed by atoms with Gasteiger partial charge in [-0.05, 0) is 23.5 Å². The van der Waals surface area contributed by atoms with E-state index in [0.29, 0.717) is 24.6 Å². The Balaban J connectivity index is 1.96. The minimum atomic E-state index is -0.913. The third kappa shape index (κ3) is 5.17. The number of carbonyl (C=O) groups is 2. The molecule has 1 saturated heterocycles. The lowest BCUT2D eigenvalue weighted by Gasteiger charge is -2.24. The summed E-state index contributed by atoms with van der Waals surface area (Å²) >= 11 is 5.90. The maximum atomic E-state index is 12.4. The van der Waals surface area contributed by atoms with Crippen molar-refractivity contribution in [1.29, 1.82) is 0 Å². The molecule has 1 heterocycles. The predicted octanol–water partition coefficient (Wildman–Crippen LogP) is 3.66. The quantitative estimate of drug-likeness (QED) is 0.708. The van der Waals surface area contributed by atoms with Gasteiger partial charge in [0.2, 0.25) is 5.91 Å². The largest absolute Gasteiger partial charge is 0.480 e. The summed E-state index contributed by atoms with van der Waals surface area (Å²) in [5.41, 5.74) is 2.55. The van der Waals surface area contributed by atoms with Gasteiger partial charge in [0, 0.05) is 29.2 Å². The predicted molar refractivity (Wildman–Crippen MR) is 106 cm³/mol. The number of carboxylic acids is 1. The molecule has 1 aliphatic rings. The summed E-state index contributed by atoms with van der Waals surface area (Å²) < 4.78 is 0. The Kier molecular flexibility index (Phi) is 7.25. The summed E-state index contributed by atoms with van der Waals surface area (Å²) in [6.45, 7) is 6.64. The second-order valence-electron chi connectivity index (χ2n) is 6.99. The molecule has 1 aromatic carbocycles. The Bertz CT molecular complexity index is 603. The molecule has 1 amide bonds. The van der Waals surface area contributed by atoms with Crippen LogP contribution in [0.15, 0.2) is 24.3 Å². The van der Waals surface area contributed by atoms with Crippen LogP contribution in [0.5, 0.6) is 0 Å². The van der Waals surface area contributed by atoms with Crippen molar-refractivity contribution in [3.63, 3.8) is 0 Å². The van der Waals surface area contributed by atoms with Gasteiger partial charge < -0.3 is 10.0 Å². The molecular formula is C19H27NO3S2. The van der Waals surface area contributed by atoms with Gasteiger partial charge >= 0.3 is 5.97 Å². The van der Waals surface area contributed by atoms with Gasteiger partial charge in [0.15, 0.2) is 0 Å². The van der Waals surface area contributed by atoms with Crippen LogP contribution in [0.4, 0.5) is 0 Å². The molecule has 0 radical (unpaired) electrons. The van der Waals surface area contributed by atoms with Crippen molar-refractivity contribution >= 4 is 36.3 Å². The molecule has 0 saturated carbocycles. The van der Waals surface area contributed by atoms with Crippen LogP contribution >= 0.6 is 24.4 Å². The van der Waals surface area contributed by atoms with Crippen LogP contribution in [0.1, 0.15) is 44.2 Å². The van der Waals surface area contributed by atoms with E-state index in [2.05, 4.69) is 50.7 Å². The molecule has 25 heavy (non-hydrogen) atoms. The van der Waals surface area contributed by atoms with Gasteiger partial charge in [0.1, 0.15) is 6.04 Å². The van der Waals surface area contributed by atoms with Crippen molar-refractivity contribution in [2.75, 3.05) is 12.3 Å². The van der Waals surface area contributed by atoms with Crippen molar-refractivity contribution in [2.45, 2.75) is 50.2 Å². The standard InChI is InChI=1S/C19H27NO3S2/c1-12(2)15-6-4-14(5-7-15)11-25-16-8-17(19(22)23)20(9-16)18(21)13(3)10-24/h4-7,12-13,16-17,24H,8-11H2,1-3H3,(H,22,23)/t13-,16?,17?/m1/s1. The van der Waals surface area contributed by atoms with Gasteiger partial charge in [0.05, 0.1) is 0 Å². The van der Waals surface area contributed by atoms with Crippen LogP contribution in [0.2, 0.25) is 0 Å². The van der Waals surface area contributed by atoms with E-state index in [0.717, 1.165) is 5.75 Å². The number of benzene rings is 1. The molecule has 1 fully saturated rings. The Labute approximate surface area is 159 Å². The van der Waals surface area contributed by atoms with Gasteiger partial charge in [0.25, 0.3) is 0 Å². The fourth-order valence-corrected chi connectivity index (χ4v) is 4.33. The number of rotatable bonds is 7. The lowest BCUT2D eigenvalue weighted by molar-refractivity contribution is -0.149. The molecule has 138 valence electrons. The van der Waals surface area contributed by atoms with Crippen LogP contribution < -0.4 is 0 Å². The number of aliphatic carboxylic acids is 1. The molecule has 0 aliphatic carbocycles. The van der Waals surface area contributed by atoms with E-state index in [1.165, 1.54) is 16.0 Å². The first-order chi connectivity index (χ1) is 11.8. The van der Waals surface area contributed by atoms with E-state index in [-0.39, 0.29) is 17.1 Å². The van der Waals surface area contributed by atoms with Crippen molar-refractivity contribution in [2.24, 2.45) is 5.92 Å². The molecule has 1 aliphatic heterocycles. The normalized spacial score (nSPS) is 21.6. The van der Waals surface area contributed by atoms with Gasteiger partial charge in [-0.3, -0.25) is 4.79 Å². The fraction of sp³-hybridized carbons (Fsp3) is 0.579. The fourth-order valence-electron chi connectivity index (χ4n) is 2.97. The third-order valence-electron chi connectivity index (χ3n) is 4.66. The first-order valence-corrected chi connectivity index (χ1v) is 10.4. The van der Waals surface area contributed by atoms with Gasteiger partial charge in [-0.15, -0.1) is 0 Å². The van der Waals surface area contributed by atoms with E-state index in [4.69, 9.17) is 0 Å². The minimum Gasteiger partial charge on any atom is -0.480 e. The van der Waals surface area contributed by atoms with Crippen molar-refractivity contribution in [1.82, 2.24) is 4.90 Å². The average molecular weight is 382 g/mol. The number of hydrogen-bond donors (Lipinski definition) is 2. The zero-order valence-corrected chi connectivity index (χ0v) is 16.7. The molecule has 1 N–H and O–H groups in total. The van der Waals surface area contributed by atoms with E-state index in [1.807, 2.05) is 0 Å². The highest BCUT2D eigenvalue weighted by Crippen LogP contribution is 2.31. The first kappa shape index (κ1) is 20.2. The summed E-state index contributed by atoms with van der Waals surface area (Å²) in [7, 11) is 0. The van der Waals surface area contributed by atoms with Crippen molar-refractivity contribution < 1.29 is 14.7 Å². The maximum absolute atomic E-state index is 12.4. The van der Waals surface area contributed by atoms with Crippen LogP contribution in [0, 0.1) is 5.92 Å². The van der Waals surface area contributed by atoms with E-state index in [1.54, 1.807) is 18.7 Å². The van der Waals surface area contributed by atoms with Crippen LogP contribution in [-0.4, -0.2) is 45.5 Å². The highest BCUT2D eigenvalue weighted by Gasteiger charge is 2.40. The molecule has 0 bridgehead atoms. The summed E-state index contributed by atoms with van der Waals surface area (Å²) in [5, 5.41) is 9.60. The number of thiol groups is 1. The second kappa shape index (κ2) is 8.99. The molecule has 0 aromatic heterocycles. The minimum absolute atomic E-state index is 0.105. The molecule has 4 nitrogen and oxygen atoms in total. The molecule has 0 spiro atoms. The zero-order chi connectivity index (χ0) is 18.6. The summed E-state index contributed by atoms with van der Waals surface area (Å²) in [6, 6.07) is 7.87. The topological polar surface area (TPSA) is 57.6 Å². The average Bonchev–Trinajstić information content (AvgIpc) is 3.03. The lowest BCUT2D eigenvalue weighted by Crippen LogP contribution is -2.43. The Morgan fingerprint density at radius 1 is 1.28 bits per heavy atom. The smallest absolute Gasteiger partial charge is 0.326 e. The summed E-state index contributed by atoms with van der Waals surface area (Å²) in [4.78, 5) is 25.5. The highest BCUT2D eigenvalue weighted by molar-refractivity contribution is 7.99. The molecule has 2 rings (SSSR count). The Morgan fingerprint density at radius 2 is 1.92 bits per heavy atom. The molecular weight excluding hydrogens is 354 g/mol. The Morgan fingerprint density at radius 3 is 2.44 bits per heavy atom. The van der Waals surface area contributed by atoms with Crippen molar-refractivity contribution in [3.8, 4) is 0 Å². The molecule has 2 unspecified atom stereocenters. The summed E-state index contributed by atoms with van der Waals surface area (Å²) in [6.07, 6.45) is 0.509. The monoisotopic (exact) mass is 381 g/mol. The SMILES string of the molecule is CC(C)c1ccc(CSC2CC(C(=O)O)N(C(=O)[C@H](C)CS)C2)cc1. The van der Waals surface area contributed by atoms with Crippen LogP contribution in [0.3, 0.4) is 0 Å². The lowest BCUT2D eigenvalue weighted by atomic mass is 10.0. The number of carbonyl (C=O) groups excluding carboxylic acids is 1. The van der Waals surface area contributed by atoms with Crippen LogP contribution in [-0.2, 0) is 15.3 Å². The first-order valence-electron chi connectivity index (χ1n) is 8.68. The second-order valence-corrected chi connectivity index (χ2v) is 8.65. The van der Waals surface area contributed by atoms with Gasteiger partial charge in [-0.2, -0.15) is 24.4 Å². The third-order valence-corrected chi connectivity index (χ3v) is 6.52. The number of nitrogens with zero attached hydrogens (tertiary/aromatic N) is 1. The molecule has 1 aromatic rings. The van der Waals surface area contributed by atoms with E-state index >= 15 is 0 Å². The summed E-state index contributed by atoms with van der Waals surface area (Å²) in [5.74, 6) is 0.510. The molecule has 6 heteroatoms. The van der Waals surface area contributed by atoms with Gasteiger partial charge in [-0.25, -0.2) is 4.79 Å². The number of amides is 1. The van der Waals surface area contributed by atoms with Crippen molar-refractivity contribution in [3.05, 3.63) is 35.4 Å². The maximum Gasteiger partial charge on any atom is 0.326 e. The number of thioether (sulfide) groups is 1. The van der Waals surface area contributed by atoms with Gasteiger partial charge in [-0.1, -0.05) is 45.0 Å². The molecule has 3 atom stereocenters. The number of hydrogen-bond acceptors (Lipinski definition) is 4. The Hall–Kier alpha value is -1.14.